The summed E-state index contributed by atoms with van der Waals surface area (Å²) >= 11 is 0. The van der Waals surface area contributed by atoms with Crippen LogP contribution in [-0.4, -0.2) is 23.5 Å². The maximum atomic E-state index is 12.0. The van der Waals surface area contributed by atoms with Gasteiger partial charge in [0.25, 0.3) is 0 Å². The molecule has 0 radical (unpaired) electrons. The van der Waals surface area contributed by atoms with Crippen molar-refractivity contribution in [3.63, 3.8) is 0 Å². The van der Waals surface area contributed by atoms with Gasteiger partial charge in [0, 0.05) is 13.0 Å². The summed E-state index contributed by atoms with van der Waals surface area (Å²) in [5.74, 6) is -1.43. The van der Waals surface area contributed by atoms with E-state index < -0.39 is 16.8 Å². The topological polar surface area (TPSA) is 90.2 Å². The largest absolute Gasteiger partial charge is 0.481 e. The zero-order chi connectivity index (χ0) is 16.1. The molecule has 2 N–H and O–H groups in total. The molecule has 0 saturated carbocycles. The summed E-state index contributed by atoms with van der Waals surface area (Å²) in [6.07, 6.45) is -0.173. The van der Waals surface area contributed by atoms with E-state index in [0.717, 1.165) is 0 Å². The van der Waals surface area contributed by atoms with Crippen LogP contribution in [0.5, 0.6) is 0 Å². The van der Waals surface area contributed by atoms with Crippen molar-refractivity contribution in [2.24, 2.45) is 5.41 Å². The first kappa shape index (κ1) is 16.7. The SMILES string of the molecule is CC(C)(C#N)CNC(=O)CC(C)(C(=O)O)c1ccccc1. The van der Waals surface area contributed by atoms with Crippen LogP contribution in [0, 0.1) is 16.7 Å². The summed E-state index contributed by atoms with van der Waals surface area (Å²) in [6.45, 7) is 5.13. The average molecular weight is 288 g/mol. The Bertz CT molecular complexity index is 561. The van der Waals surface area contributed by atoms with Gasteiger partial charge in [-0.1, -0.05) is 30.3 Å². The molecule has 5 nitrogen and oxygen atoms in total. The highest BCUT2D eigenvalue weighted by Gasteiger charge is 2.37. The van der Waals surface area contributed by atoms with Gasteiger partial charge in [-0.15, -0.1) is 0 Å². The first-order valence-electron chi connectivity index (χ1n) is 6.68. The average Bonchev–Trinajstić information content (AvgIpc) is 2.46. The molecule has 5 heteroatoms. The monoisotopic (exact) mass is 288 g/mol. The number of nitrogens with one attached hydrogen (secondary N) is 1. The molecule has 1 aromatic rings. The summed E-state index contributed by atoms with van der Waals surface area (Å²) in [5, 5.41) is 21.0. The highest BCUT2D eigenvalue weighted by molar-refractivity contribution is 5.89. The Morgan fingerprint density at radius 1 is 1.24 bits per heavy atom. The smallest absolute Gasteiger partial charge is 0.314 e. The molecule has 0 aliphatic heterocycles. The van der Waals surface area contributed by atoms with Crippen molar-refractivity contribution in [3.05, 3.63) is 35.9 Å². The van der Waals surface area contributed by atoms with E-state index in [-0.39, 0.29) is 18.9 Å². The molecule has 0 aliphatic carbocycles. The second-order valence-corrected chi connectivity index (χ2v) is 5.95. The van der Waals surface area contributed by atoms with Crippen LogP contribution in [0.2, 0.25) is 0 Å². The van der Waals surface area contributed by atoms with Crippen molar-refractivity contribution in [2.45, 2.75) is 32.6 Å². The van der Waals surface area contributed by atoms with E-state index in [2.05, 4.69) is 11.4 Å². The van der Waals surface area contributed by atoms with Gasteiger partial charge >= 0.3 is 5.97 Å². The van der Waals surface area contributed by atoms with Crippen molar-refractivity contribution >= 4 is 11.9 Å². The molecule has 21 heavy (non-hydrogen) atoms. The molecule has 1 atom stereocenters. The summed E-state index contributed by atoms with van der Waals surface area (Å²) in [5.41, 5.74) is -1.39. The lowest BCUT2D eigenvalue weighted by atomic mass is 9.79. The van der Waals surface area contributed by atoms with E-state index in [1.54, 1.807) is 44.2 Å². The Balaban J connectivity index is 2.84. The van der Waals surface area contributed by atoms with Crippen molar-refractivity contribution in [1.29, 1.82) is 5.26 Å². The number of hydrogen-bond acceptors (Lipinski definition) is 3. The van der Waals surface area contributed by atoms with Crippen molar-refractivity contribution in [3.8, 4) is 6.07 Å². The fraction of sp³-hybridized carbons (Fsp3) is 0.438. The number of aliphatic carboxylic acids is 1. The van der Waals surface area contributed by atoms with Gasteiger partial charge < -0.3 is 10.4 Å². The number of carbonyl (C=O) groups is 2. The van der Waals surface area contributed by atoms with E-state index in [1.165, 1.54) is 6.92 Å². The van der Waals surface area contributed by atoms with Gasteiger partial charge in [-0.05, 0) is 26.3 Å². The summed E-state index contributed by atoms with van der Waals surface area (Å²) in [7, 11) is 0. The van der Waals surface area contributed by atoms with E-state index in [4.69, 9.17) is 5.26 Å². The molecule has 0 saturated heterocycles. The van der Waals surface area contributed by atoms with E-state index >= 15 is 0 Å². The predicted molar refractivity (Wildman–Crippen MR) is 78.5 cm³/mol. The van der Waals surface area contributed by atoms with Gasteiger partial charge in [0.15, 0.2) is 0 Å². The molecular weight excluding hydrogens is 268 g/mol. The number of carbonyl (C=O) groups excluding carboxylic acids is 1. The van der Waals surface area contributed by atoms with Crippen LogP contribution < -0.4 is 5.32 Å². The molecule has 0 heterocycles. The van der Waals surface area contributed by atoms with E-state index in [1.807, 2.05) is 0 Å². The van der Waals surface area contributed by atoms with Crippen LogP contribution in [-0.2, 0) is 15.0 Å². The van der Waals surface area contributed by atoms with Crippen molar-refractivity contribution in [1.82, 2.24) is 5.32 Å². The molecule has 1 amide bonds. The lowest BCUT2D eigenvalue weighted by Gasteiger charge is -2.25. The number of carboxylic acid groups (broad SMARTS) is 1. The molecule has 1 unspecified atom stereocenters. The van der Waals surface area contributed by atoms with Gasteiger partial charge in [0.1, 0.15) is 0 Å². The fourth-order valence-corrected chi connectivity index (χ4v) is 1.85. The first-order valence-corrected chi connectivity index (χ1v) is 6.68. The lowest BCUT2D eigenvalue weighted by molar-refractivity contribution is -0.145. The Morgan fingerprint density at radius 2 is 1.81 bits per heavy atom. The summed E-state index contributed by atoms with van der Waals surface area (Å²) in [4.78, 5) is 23.6. The number of hydrogen-bond donors (Lipinski definition) is 2. The van der Waals surface area contributed by atoms with Crippen LogP contribution in [0.1, 0.15) is 32.8 Å². The number of benzene rings is 1. The van der Waals surface area contributed by atoms with Gasteiger partial charge in [0.05, 0.1) is 16.9 Å². The van der Waals surface area contributed by atoms with Gasteiger partial charge in [-0.25, -0.2) is 0 Å². The zero-order valence-corrected chi connectivity index (χ0v) is 12.5. The minimum absolute atomic E-state index is 0.173. The van der Waals surface area contributed by atoms with Crippen LogP contribution in [0.25, 0.3) is 0 Å². The number of amides is 1. The molecule has 1 aromatic carbocycles. The number of nitriles is 1. The third-order valence-corrected chi connectivity index (χ3v) is 3.43. The van der Waals surface area contributed by atoms with E-state index in [0.29, 0.717) is 5.56 Å². The standard InChI is InChI=1S/C16H20N2O3/c1-15(2,10-17)11-18-13(19)9-16(3,14(20)21)12-7-5-4-6-8-12/h4-8H,9,11H2,1-3H3,(H,18,19)(H,20,21). The van der Waals surface area contributed by atoms with Crippen LogP contribution in [0.15, 0.2) is 30.3 Å². The Hall–Kier alpha value is -2.35. The fourth-order valence-electron chi connectivity index (χ4n) is 1.85. The molecule has 0 bridgehead atoms. The molecule has 0 fully saturated rings. The Morgan fingerprint density at radius 3 is 2.29 bits per heavy atom. The maximum absolute atomic E-state index is 12.0. The molecule has 1 rings (SSSR count). The van der Waals surface area contributed by atoms with Crippen LogP contribution >= 0.6 is 0 Å². The predicted octanol–water partition coefficient (Wildman–Crippen LogP) is 2.08. The lowest BCUT2D eigenvalue weighted by Crippen LogP contribution is -2.41. The zero-order valence-electron chi connectivity index (χ0n) is 12.5. The van der Waals surface area contributed by atoms with Crippen LogP contribution in [0.3, 0.4) is 0 Å². The minimum Gasteiger partial charge on any atom is -0.481 e. The van der Waals surface area contributed by atoms with Crippen LogP contribution in [0.4, 0.5) is 0 Å². The summed E-state index contributed by atoms with van der Waals surface area (Å²) < 4.78 is 0. The maximum Gasteiger partial charge on any atom is 0.314 e. The van der Waals surface area contributed by atoms with Gasteiger partial charge in [-0.3, -0.25) is 9.59 Å². The molecule has 112 valence electrons. The second kappa shape index (κ2) is 6.40. The molecular formula is C16H20N2O3. The van der Waals surface area contributed by atoms with E-state index in [9.17, 15) is 14.7 Å². The highest BCUT2D eigenvalue weighted by Crippen LogP contribution is 2.28. The van der Waals surface area contributed by atoms with Gasteiger partial charge in [-0.2, -0.15) is 5.26 Å². The second-order valence-electron chi connectivity index (χ2n) is 5.95. The number of carboxylic acids is 1. The molecule has 0 aromatic heterocycles. The summed E-state index contributed by atoms with van der Waals surface area (Å²) in [6, 6.07) is 10.8. The van der Waals surface area contributed by atoms with Crippen molar-refractivity contribution in [2.75, 3.05) is 6.54 Å². The number of nitrogens with zero attached hydrogens (tertiary/aromatic N) is 1. The minimum atomic E-state index is -1.29. The van der Waals surface area contributed by atoms with Crippen molar-refractivity contribution < 1.29 is 14.7 Å². The third kappa shape index (κ3) is 4.32. The quantitative estimate of drug-likeness (QED) is 0.838. The highest BCUT2D eigenvalue weighted by atomic mass is 16.4. The third-order valence-electron chi connectivity index (χ3n) is 3.43. The Kier molecular flexibility index (Phi) is 5.09. The Labute approximate surface area is 124 Å². The first-order chi connectivity index (χ1) is 9.71. The molecule has 0 aliphatic rings. The number of rotatable bonds is 6. The normalized spacial score (nSPS) is 13.8. The van der Waals surface area contributed by atoms with Gasteiger partial charge in [0.2, 0.25) is 5.91 Å². The molecule has 0 spiro atoms.